The molecule has 4 rings (SSSR count). The number of hydrogen-bond acceptors (Lipinski definition) is 3. The molecule has 0 saturated heterocycles. The van der Waals surface area contributed by atoms with Crippen LogP contribution < -0.4 is 5.32 Å². The van der Waals surface area contributed by atoms with Gasteiger partial charge in [-0.05, 0) is 69.9 Å². The number of aromatic nitrogens is 2. The first-order valence-electron chi connectivity index (χ1n) is 10.4. The van der Waals surface area contributed by atoms with Crippen LogP contribution in [0.15, 0.2) is 18.3 Å². The molecule has 0 spiro atoms. The molecule has 2 aliphatic rings. The lowest BCUT2D eigenvalue weighted by Gasteiger charge is -2.35. The van der Waals surface area contributed by atoms with Gasteiger partial charge in [0.2, 0.25) is 0 Å². The molecule has 1 amide bonds. The first kappa shape index (κ1) is 18.5. The van der Waals surface area contributed by atoms with Crippen molar-refractivity contribution in [2.45, 2.75) is 71.4 Å². The predicted octanol–water partition coefficient (Wildman–Crippen LogP) is 4.05. The maximum atomic E-state index is 13.0. The summed E-state index contributed by atoms with van der Waals surface area (Å²) in [4.78, 5) is 17.6. The summed E-state index contributed by atoms with van der Waals surface area (Å²) in [5.41, 5.74) is 3.48. The zero-order valence-corrected chi connectivity index (χ0v) is 16.7. The first-order chi connectivity index (χ1) is 13.1. The van der Waals surface area contributed by atoms with Crippen molar-refractivity contribution in [1.29, 1.82) is 0 Å². The number of ether oxygens (including phenoxy) is 1. The number of fused-ring (bicyclic) bond motifs is 3. The van der Waals surface area contributed by atoms with E-state index in [1.54, 1.807) is 0 Å². The van der Waals surface area contributed by atoms with Crippen LogP contribution in [0.4, 0.5) is 0 Å². The van der Waals surface area contributed by atoms with Crippen molar-refractivity contribution < 1.29 is 9.53 Å². The van der Waals surface area contributed by atoms with Gasteiger partial charge in [0.1, 0.15) is 5.65 Å². The number of nitrogens with one attached hydrogen (secondary N) is 1. The molecule has 2 aromatic heterocycles. The summed E-state index contributed by atoms with van der Waals surface area (Å²) in [6.45, 7) is 7.09. The summed E-state index contributed by atoms with van der Waals surface area (Å²) in [6, 6.07) is 4.21. The standard InChI is InChI=1S/C22H31N3O2/c1-4-5-10-27-18-12-16-6-7-17(13-18)20(16)24-22(26)19-8-9-25-15(3)11-14(2)23-21(19)25/h8-9,11,16-18,20H,4-7,10,12-13H2,1-3H3,(H,24,26)/t16-,17?,18?,20?/m1/s1. The van der Waals surface area contributed by atoms with Crippen molar-refractivity contribution >= 4 is 11.6 Å². The van der Waals surface area contributed by atoms with Crippen LogP contribution in [0.1, 0.15) is 67.2 Å². The van der Waals surface area contributed by atoms with Crippen LogP contribution in [0.5, 0.6) is 0 Å². The molecule has 2 aliphatic carbocycles. The van der Waals surface area contributed by atoms with E-state index in [2.05, 4.69) is 17.2 Å². The van der Waals surface area contributed by atoms with Crippen molar-refractivity contribution in [2.24, 2.45) is 11.8 Å². The molecule has 27 heavy (non-hydrogen) atoms. The minimum atomic E-state index is 0.0160. The Hall–Kier alpha value is -1.88. The molecule has 2 fully saturated rings. The summed E-state index contributed by atoms with van der Waals surface area (Å²) in [7, 11) is 0. The Bertz CT molecular complexity index is 814. The Morgan fingerprint density at radius 3 is 2.74 bits per heavy atom. The molecule has 2 saturated carbocycles. The van der Waals surface area contributed by atoms with E-state index >= 15 is 0 Å². The van der Waals surface area contributed by atoms with E-state index in [0.29, 0.717) is 23.5 Å². The third kappa shape index (κ3) is 3.62. The molecule has 0 radical (unpaired) electrons. The largest absolute Gasteiger partial charge is 0.378 e. The zero-order chi connectivity index (χ0) is 19.0. The molecule has 0 aliphatic heterocycles. The number of carbonyl (C=O) groups is 1. The highest BCUT2D eigenvalue weighted by Crippen LogP contribution is 2.43. The lowest BCUT2D eigenvalue weighted by molar-refractivity contribution is -0.00119. The van der Waals surface area contributed by atoms with E-state index in [4.69, 9.17) is 4.74 Å². The van der Waals surface area contributed by atoms with E-state index in [1.165, 1.54) is 19.3 Å². The highest BCUT2D eigenvalue weighted by Gasteiger charge is 2.43. The van der Waals surface area contributed by atoms with Crippen molar-refractivity contribution in [1.82, 2.24) is 14.7 Å². The van der Waals surface area contributed by atoms with Crippen LogP contribution in [-0.2, 0) is 4.74 Å². The number of aryl methyl sites for hydroxylation is 2. The zero-order valence-electron chi connectivity index (χ0n) is 16.7. The lowest BCUT2D eigenvalue weighted by Crippen LogP contribution is -2.46. The van der Waals surface area contributed by atoms with Gasteiger partial charge in [-0.25, -0.2) is 4.98 Å². The molecular formula is C22H31N3O2. The molecular weight excluding hydrogens is 338 g/mol. The second-order valence-corrected chi connectivity index (χ2v) is 8.38. The average Bonchev–Trinajstić information content (AvgIpc) is 3.14. The molecule has 3 unspecified atom stereocenters. The van der Waals surface area contributed by atoms with Gasteiger partial charge in [-0.15, -0.1) is 0 Å². The first-order valence-corrected chi connectivity index (χ1v) is 10.4. The molecule has 2 bridgehead atoms. The number of hydrogen-bond donors (Lipinski definition) is 1. The van der Waals surface area contributed by atoms with Crippen LogP contribution >= 0.6 is 0 Å². The van der Waals surface area contributed by atoms with Gasteiger partial charge < -0.3 is 14.5 Å². The fourth-order valence-corrected chi connectivity index (χ4v) is 5.04. The quantitative estimate of drug-likeness (QED) is 0.782. The number of rotatable bonds is 6. The molecule has 2 aromatic rings. The van der Waals surface area contributed by atoms with Crippen LogP contribution in [0.3, 0.4) is 0 Å². The highest BCUT2D eigenvalue weighted by molar-refractivity contribution is 6.00. The Morgan fingerprint density at radius 1 is 1.30 bits per heavy atom. The van der Waals surface area contributed by atoms with E-state index in [-0.39, 0.29) is 11.9 Å². The Morgan fingerprint density at radius 2 is 2.04 bits per heavy atom. The average molecular weight is 370 g/mol. The molecule has 1 N–H and O–H groups in total. The van der Waals surface area contributed by atoms with Crippen LogP contribution in [0.2, 0.25) is 0 Å². The number of unbranched alkanes of at least 4 members (excludes halogenated alkanes) is 1. The van der Waals surface area contributed by atoms with Crippen molar-refractivity contribution in [3.05, 3.63) is 35.3 Å². The van der Waals surface area contributed by atoms with Gasteiger partial charge in [0.15, 0.2) is 0 Å². The van der Waals surface area contributed by atoms with Gasteiger partial charge in [0.05, 0.1) is 11.7 Å². The Balaban J connectivity index is 1.45. The monoisotopic (exact) mass is 369 g/mol. The summed E-state index contributed by atoms with van der Waals surface area (Å²) in [5.74, 6) is 1.11. The SMILES string of the molecule is CCCCOC1CC2CC[C@H](C1)C2NC(=O)c1ccn2c(C)cc(C)nc12. The number of carbonyl (C=O) groups excluding carboxylic acids is 1. The van der Waals surface area contributed by atoms with E-state index in [0.717, 1.165) is 42.9 Å². The van der Waals surface area contributed by atoms with Crippen molar-refractivity contribution in [3.8, 4) is 0 Å². The second kappa shape index (κ2) is 7.63. The van der Waals surface area contributed by atoms with E-state index < -0.39 is 0 Å². The fraction of sp³-hybridized carbons (Fsp3) is 0.636. The normalized spacial score (nSPS) is 27.2. The molecule has 0 aromatic carbocycles. The van der Waals surface area contributed by atoms with E-state index in [9.17, 15) is 4.79 Å². The predicted molar refractivity (Wildman–Crippen MR) is 106 cm³/mol. The van der Waals surface area contributed by atoms with Gasteiger partial charge >= 0.3 is 0 Å². The van der Waals surface area contributed by atoms with Gasteiger partial charge in [0, 0.05) is 30.2 Å². The van der Waals surface area contributed by atoms with Gasteiger partial charge in [-0.3, -0.25) is 4.79 Å². The van der Waals surface area contributed by atoms with E-state index in [1.807, 2.05) is 36.6 Å². The van der Waals surface area contributed by atoms with Crippen molar-refractivity contribution in [2.75, 3.05) is 6.61 Å². The van der Waals surface area contributed by atoms with Gasteiger partial charge in [-0.2, -0.15) is 0 Å². The topological polar surface area (TPSA) is 55.6 Å². The fourth-order valence-electron chi connectivity index (χ4n) is 5.04. The minimum absolute atomic E-state index is 0.0160. The second-order valence-electron chi connectivity index (χ2n) is 8.38. The number of nitrogens with zero attached hydrogens (tertiary/aromatic N) is 2. The third-order valence-electron chi connectivity index (χ3n) is 6.39. The Labute approximate surface area is 161 Å². The smallest absolute Gasteiger partial charge is 0.255 e. The molecule has 146 valence electrons. The van der Waals surface area contributed by atoms with Crippen LogP contribution in [-0.4, -0.2) is 34.0 Å². The molecule has 5 nitrogen and oxygen atoms in total. The summed E-state index contributed by atoms with van der Waals surface area (Å²) in [5, 5.41) is 3.35. The Kier molecular flexibility index (Phi) is 5.22. The lowest BCUT2D eigenvalue weighted by atomic mass is 9.82. The van der Waals surface area contributed by atoms with Gasteiger partial charge in [-0.1, -0.05) is 13.3 Å². The number of amides is 1. The minimum Gasteiger partial charge on any atom is -0.378 e. The highest BCUT2D eigenvalue weighted by atomic mass is 16.5. The molecule has 2 heterocycles. The maximum Gasteiger partial charge on any atom is 0.255 e. The molecule has 4 atom stereocenters. The molecule has 5 heteroatoms. The summed E-state index contributed by atoms with van der Waals surface area (Å²) < 4.78 is 8.08. The van der Waals surface area contributed by atoms with Crippen LogP contribution in [0.25, 0.3) is 5.65 Å². The third-order valence-corrected chi connectivity index (χ3v) is 6.39. The maximum absolute atomic E-state index is 13.0. The van der Waals surface area contributed by atoms with Crippen molar-refractivity contribution in [3.63, 3.8) is 0 Å². The van der Waals surface area contributed by atoms with Crippen LogP contribution in [0, 0.1) is 25.7 Å². The van der Waals surface area contributed by atoms with Gasteiger partial charge in [0.25, 0.3) is 5.91 Å². The summed E-state index contributed by atoms with van der Waals surface area (Å²) in [6.07, 6.45) is 9.21. The summed E-state index contributed by atoms with van der Waals surface area (Å²) >= 11 is 0.